The fourth-order valence-electron chi connectivity index (χ4n) is 2.93. The van der Waals surface area contributed by atoms with Gasteiger partial charge in [0.25, 0.3) is 5.89 Å². The van der Waals surface area contributed by atoms with E-state index < -0.39 is 0 Å². The number of fused-ring (bicyclic) bond motifs is 1. The summed E-state index contributed by atoms with van der Waals surface area (Å²) in [5, 5.41) is 4.07. The number of thiazole rings is 1. The third kappa shape index (κ3) is 2.25. The Hall–Kier alpha value is -1.31. The molecule has 4 heterocycles. The van der Waals surface area contributed by atoms with Crippen molar-refractivity contribution in [1.82, 2.24) is 20.0 Å². The normalized spacial score (nSPS) is 27.4. The van der Waals surface area contributed by atoms with E-state index >= 15 is 0 Å². The van der Waals surface area contributed by atoms with Crippen molar-refractivity contribution in [2.24, 2.45) is 0 Å². The van der Waals surface area contributed by atoms with E-state index in [-0.39, 0.29) is 6.10 Å². The number of hydrogen-bond donors (Lipinski definition) is 0. The highest BCUT2D eigenvalue weighted by molar-refractivity contribution is 7.13. The molecule has 2 atom stereocenters. The lowest BCUT2D eigenvalue weighted by Gasteiger charge is -2.41. The zero-order valence-electron chi connectivity index (χ0n) is 11.1. The Bertz CT molecular complexity index is 571. The lowest BCUT2D eigenvalue weighted by atomic mass is 10.0. The molecule has 0 radical (unpaired) electrons. The summed E-state index contributed by atoms with van der Waals surface area (Å²) in [4.78, 5) is 11.9. The SMILES string of the molecule is c1ncc(-c2nc([C@H]3CN4CCCCC4CO3)no2)s1. The van der Waals surface area contributed by atoms with Crippen LogP contribution < -0.4 is 0 Å². The van der Waals surface area contributed by atoms with Crippen molar-refractivity contribution >= 4 is 11.3 Å². The van der Waals surface area contributed by atoms with Crippen LogP contribution in [0.5, 0.6) is 0 Å². The molecule has 1 unspecified atom stereocenters. The third-order valence-electron chi connectivity index (χ3n) is 4.01. The van der Waals surface area contributed by atoms with Crippen LogP contribution in [-0.2, 0) is 4.74 Å². The van der Waals surface area contributed by atoms with E-state index in [1.54, 1.807) is 11.7 Å². The van der Waals surface area contributed by atoms with Gasteiger partial charge in [-0.3, -0.25) is 9.88 Å². The van der Waals surface area contributed by atoms with Gasteiger partial charge in [-0.1, -0.05) is 11.6 Å². The summed E-state index contributed by atoms with van der Waals surface area (Å²) >= 11 is 1.50. The highest BCUT2D eigenvalue weighted by Gasteiger charge is 2.33. The maximum atomic E-state index is 5.93. The first-order valence-corrected chi connectivity index (χ1v) is 7.86. The maximum absolute atomic E-state index is 5.93. The molecule has 2 saturated heterocycles. The second kappa shape index (κ2) is 5.23. The monoisotopic (exact) mass is 292 g/mol. The summed E-state index contributed by atoms with van der Waals surface area (Å²) in [6.45, 7) is 2.80. The average molecular weight is 292 g/mol. The van der Waals surface area contributed by atoms with Crippen molar-refractivity contribution in [1.29, 1.82) is 0 Å². The first-order chi connectivity index (χ1) is 9.90. The molecular formula is C13H16N4O2S. The van der Waals surface area contributed by atoms with Crippen LogP contribution in [-0.4, -0.2) is 45.8 Å². The van der Waals surface area contributed by atoms with E-state index in [0.29, 0.717) is 17.8 Å². The van der Waals surface area contributed by atoms with Gasteiger partial charge in [-0.05, 0) is 19.4 Å². The molecule has 6 nitrogen and oxygen atoms in total. The van der Waals surface area contributed by atoms with Crippen LogP contribution in [0.4, 0.5) is 0 Å². The Kier molecular flexibility index (Phi) is 3.25. The van der Waals surface area contributed by atoms with Gasteiger partial charge in [0.15, 0.2) is 0 Å². The van der Waals surface area contributed by atoms with Gasteiger partial charge in [-0.2, -0.15) is 4.98 Å². The Morgan fingerprint density at radius 2 is 2.35 bits per heavy atom. The van der Waals surface area contributed by atoms with Gasteiger partial charge in [0.2, 0.25) is 5.82 Å². The molecule has 0 saturated carbocycles. The van der Waals surface area contributed by atoms with E-state index in [1.165, 1.54) is 30.6 Å². The van der Waals surface area contributed by atoms with Gasteiger partial charge in [0, 0.05) is 12.6 Å². The van der Waals surface area contributed by atoms with Crippen LogP contribution in [0.2, 0.25) is 0 Å². The van der Waals surface area contributed by atoms with Crippen LogP contribution in [0.25, 0.3) is 10.8 Å². The van der Waals surface area contributed by atoms with Gasteiger partial charge in [-0.15, -0.1) is 11.3 Å². The number of morpholine rings is 1. The minimum atomic E-state index is -0.0743. The van der Waals surface area contributed by atoms with E-state index in [9.17, 15) is 0 Å². The van der Waals surface area contributed by atoms with E-state index in [0.717, 1.165) is 24.6 Å². The van der Waals surface area contributed by atoms with Crippen LogP contribution in [0.15, 0.2) is 16.2 Å². The number of nitrogens with zero attached hydrogens (tertiary/aromatic N) is 4. The molecule has 0 aromatic carbocycles. The van der Waals surface area contributed by atoms with E-state index in [4.69, 9.17) is 9.26 Å². The molecule has 0 N–H and O–H groups in total. The first kappa shape index (κ1) is 12.4. The highest BCUT2D eigenvalue weighted by atomic mass is 32.1. The van der Waals surface area contributed by atoms with Gasteiger partial charge in [-0.25, -0.2) is 0 Å². The van der Waals surface area contributed by atoms with Crippen molar-refractivity contribution in [3.8, 4) is 10.8 Å². The fraction of sp³-hybridized carbons (Fsp3) is 0.615. The number of aromatic nitrogens is 3. The lowest BCUT2D eigenvalue weighted by Crippen LogP contribution is -2.49. The fourth-order valence-corrected chi connectivity index (χ4v) is 3.47. The van der Waals surface area contributed by atoms with E-state index in [2.05, 4.69) is 20.0 Å². The van der Waals surface area contributed by atoms with E-state index in [1.807, 2.05) is 0 Å². The molecular weight excluding hydrogens is 276 g/mol. The quantitative estimate of drug-likeness (QED) is 0.845. The Morgan fingerprint density at radius 1 is 1.35 bits per heavy atom. The van der Waals surface area contributed by atoms with Crippen molar-refractivity contribution < 1.29 is 9.26 Å². The average Bonchev–Trinajstić information content (AvgIpc) is 3.17. The summed E-state index contributed by atoms with van der Waals surface area (Å²) in [6, 6.07) is 0.577. The molecule has 2 aliphatic heterocycles. The summed E-state index contributed by atoms with van der Waals surface area (Å²) in [5.41, 5.74) is 1.76. The summed E-state index contributed by atoms with van der Waals surface area (Å²) < 4.78 is 11.2. The Labute approximate surface area is 120 Å². The Morgan fingerprint density at radius 3 is 3.25 bits per heavy atom. The van der Waals surface area contributed by atoms with Crippen LogP contribution in [0, 0.1) is 0 Å². The summed E-state index contributed by atoms with van der Waals surface area (Å²) in [5.74, 6) is 1.18. The molecule has 0 spiro atoms. The van der Waals surface area contributed by atoms with Gasteiger partial charge < -0.3 is 9.26 Å². The maximum Gasteiger partial charge on any atom is 0.269 e. The predicted molar refractivity (Wildman–Crippen MR) is 73.3 cm³/mol. The van der Waals surface area contributed by atoms with Crippen molar-refractivity contribution in [2.45, 2.75) is 31.4 Å². The molecule has 2 aliphatic rings. The second-order valence-corrected chi connectivity index (χ2v) is 6.18. The van der Waals surface area contributed by atoms with Crippen LogP contribution in [0.1, 0.15) is 31.2 Å². The molecule has 106 valence electrons. The zero-order chi connectivity index (χ0) is 13.4. The molecule has 2 aromatic rings. The van der Waals surface area contributed by atoms with Gasteiger partial charge in [0.1, 0.15) is 11.0 Å². The number of piperidine rings is 1. The molecule has 20 heavy (non-hydrogen) atoms. The number of rotatable bonds is 2. The summed E-state index contributed by atoms with van der Waals surface area (Å²) in [6.07, 6.45) is 5.50. The smallest absolute Gasteiger partial charge is 0.269 e. The van der Waals surface area contributed by atoms with Gasteiger partial charge in [0.05, 0.1) is 18.3 Å². The largest absolute Gasteiger partial charge is 0.367 e. The summed E-state index contributed by atoms with van der Waals surface area (Å²) in [7, 11) is 0. The zero-order valence-corrected chi connectivity index (χ0v) is 11.9. The highest BCUT2D eigenvalue weighted by Crippen LogP contribution is 2.29. The first-order valence-electron chi connectivity index (χ1n) is 6.98. The predicted octanol–water partition coefficient (Wildman–Crippen LogP) is 2.12. The molecule has 2 fully saturated rings. The molecule has 4 rings (SSSR count). The minimum absolute atomic E-state index is 0.0743. The molecule has 2 aromatic heterocycles. The number of ether oxygens (including phenoxy) is 1. The van der Waals surface area contributed by atoms with Crippen molar-refractivity contribution in [3.63, 3.8) is 0 Å². The lowest BCUT2D eigenvalue weighted by molar-refractivity contribution is -0.0805. The Balaban J connectivity index is 1.50. The topological polar surface area (TPSA) is 64.3 Å². The minimum Gasteiger partial charge on any atom is -0.367 e. The van der Waals surface area contributed by atoms with Gasteiger partial charge >= 0.3 is 0 Å². The molecule has 0 bridgehead atoms. The molecule has 0 aliphatic carbocycles. The van der Waals surface area contributed by atoms with Crippen molar-refractivity contribution in [2.75, 3.05) is 19.7 Å². The molecule has 0 amide bonds. The van der Waals surface area contributed by atoms with Crippen LogP contribution in [0.3, 0.4) is 0 Å². The van der Waals surface area contributed by atoms with Crippen molar-refractivity contribution in [3.05, 3.63) is 17.5 Å². The van der Waals surface area contributed by atoms with Crippen LogP contribution >= 0.6 is 11.3 Å². The molecule has 7 heteroatoms. The third-order valence-corrected chi connectivity index (χ3v) is 4.77. The second-order valence-electron chi connectivity index (χ2n) is 5.29. The number of hydrogen-bond acceptors (Lipinski definition) is 7. The standard InChI is InChI=1S/C13H16N4O2S/c1-2-4-17-6-10(18-7-9(17)3-1)12-15-13(19-16-12)11-5-14-8-20-11/h5,8-10H,1-4,6-7H2/t9?,10-/m1/s1.